The van der Waals surface area contributed by atoms with Crippen molar-refractivity contribution in [2.75, 3.05) is 19.6 Å². The first-order chi connectivity index (χ1) is 13.1. The maximum absolute atomic E-state index is 12.2. The van der Waals surface area contributed by atoms with Gasteiger partial charge >= 0.3 is 6.09 Å². The number of pyridine rings is 1. The van der Waals surface area contributed by atoms with E-state index >= 15 is 0 Å². The molecule has 1 N–H and O–H groups in total. The Morgan fingerprint density at radius 2 is 1.93 bits per heavy atom. The molecule has 7 heteroatoms. The van der Waals surface area contributed by atoms with E-state index in [2.05, 4.69) is 26.2 Å². The number of nitrogens with zero attached hydrogens (tertiary/aromatic N) is 2. The van der Waals surface area contributed by atoms with E-state index in [-0.39, 0.29) is 18.6 Å². The standard InChI is InChI=1S/C20H22BrN3O3/c21-18-12-17(6-9-22-18)19(25)23-13-15-7-10-24(11-8-15)20(26)27-14-16-4-2-1-3-5-16/h1-6,9,12,15H,7-8,10-11,13-14H2,(H,23,25). The van der Waals surface area contributed by atoms with Crippen LogP contribution < -0.4 is 5.32 Å². The highest BCUT2D eigenvalue weighted by Gasteiger charge is 2.24. The lowest BCUT2D eigenvalue weighted by atomic mass is 9.97. The number of halogens is 1. The van der Waals surface area contributed by atoms with Gasteiger partial charge < -0.3 is 15.0 Å². The van der Waals surface area contributed by atoms with Crippen LogP contribution in [0.1, 0.15) is 28.8 Å². The molecule has 1 aromatic carbocycles. The lowest BCUT2D eigenvalue weighted by Gasteiger charge is -2.31. The van der Waals surface area contributed by atoms with E-state index in [9.17, 15) is 9.59 Å². The molecule has 1 aromatic heterocycles. The SMILES string of the molecule is O=C(NCC1CCN(C(=O)OCc2ccccc2)CC1)c1ccnc(Br)c1. The van der Waals surface area contributed by atoms with Crippen LogP contribution in [-0.2, 0) is 11.3 Å². The van der Waals surface area contributed by atoms with Gasteiger partial charge in [0.25, 0.3) is 5.91 Å². The molecule has 0 unspecified atom stereocenters. The highest BCUT2D eigenvalue weighted by Crippen LogP contribution is 2.18. The molecule has 1 saturated heterocycles. The van der Waals surface area contributed by atoms with Crippen molar-refractivity contribution < 1.29 is 14.3 Å². The van der Waals surface area contributed by atoms with E-state index in [1.54, 1.807) is 23.2 Å². The Labute approximate surface area is 167 Å². The number of ether oxygens (including phenoxy) is 1. The number of amides is 2. The minimum absolute atomic E-state index is 0.109. The molecular formula is C20H22BrN3O3. The summed E-state index contributed by atoms with van der Waals surface area (Å²) in [7, 11) is 0. The quantitative estimate of drug-likeness (QED) is 0.733. The summed E-state index contributed by atoms with van der Waals surface area (Å²) in [6.07, 6.45) is 3.02. The van der Waals surface area contributed by atoms with Crippen molar-refractivity contribution in [1.82, 2.24) is 15.2 Å². The molecule has 2 amide bonds. The number of hydrogen-bond donors (Lipinski definition) is 1. The zero-order chi connectivity index (χ0) is 19.1. The molecule has 3 rings (SSSR count). The number of hydrogen-bond acceptors (Lipinski definition) is 4. The Hall–Kier alpha value is -2.41. The number of piperidine rings is 1. The van der Waals surface area contributed by atoms with Gasteiger partial charge in [-0.2, -0.15) is 0 Å². The van der Waals surface area contributed by atoms with Crippen molar-refractivity contribution in [1.29, 1.82) is 0 Å². The fourth-order valence-corrected chi connectivity index (χ4v) is 3.38. The fraction of sp³-hybridized carbons (Fsp3) is 0.350. The summed E-state index contributed by atoms with van der Waals surface area (Å²) in [5.74, 6) is 0.250. The number of rotatable bonds is 5. The van der Waals surface area contributed by atoms with E-state index in [0.717, 1.165) is 18.4 Å². The number of carbonyl (C=O) groups excluding carboxylic acids is 2. The molecule has 142 valence electrons. The zero-order valence-electron chi connectivity index (χ0n) is 14.9. The summed E-state index contributed by atoms with van der Waals surface area (Å²) >= 11 is 3.27. The van der Waals surface area contributed by atoms with Gasteiger partial charge in [0, 0.05) is 31.4 Å². The van der Waals surface area contributed by atoms with Crippen LogP contribution in [-0.4, -0.2) is 41.5 Å². The van der Waals surface area contributed by atoms with Gasteiger partial charge in [-0.25, -0.2) is 9.78 Å². The molecule has 0 radical (unpaired) electrons. The summed E-state index contributed by atoms with van der Waals surface area (Å²) < 4.78 is 6.01. The van der Waals surface area contributed by atoms with E-state index in [1.807, 2.05) is 30.3 Å². The molecule has 0 aliphatic carbocycles. The van der Waals surface area contributed by atoms with Crippen LogP contribution >= 0.6 is 15.9 Å². The molecule has 27 heavy (non-hydrogen) atoms. The van der Waals surface area contributed by atoms with Gasteiger partial charge in [-0.3, -0.25) is 4.79 Å². The van der Waals surface area contributed by atoms with Gasteiger partial charge in [0.2, 0.25) is 0 Å². The summed E-state index contributed by atoms with van der Waals surface area (Å²) in [5, 5.41) is 2.96. The number of likely N-dealkylation sites (tertiary alicyclic amines) is 1. The Morgan fingerprint density at radius 3 is 2.63 bits per heavy atom. The molecule has 0 spiro atoms. The van der Waals surface area contributed by atoms with Crippen molar-refractivity contribution >= 4 is 27.9 Å². The van der Waals surface area contributed by atoms with E-state index in [1.165, 1.54) is 0 Å². The minimum atomic E-state index is -0.275. The second-order valence-electron chi connectivity index (χ2n) is 6.55. The predicted octanol–water partition coefficient (Wildman–Crippen LogP) is 3.62. The molecule has 2 aromatic rings. The van der Waals surface area contributed by atoms with Crippen LogP contribution in [0.5, 0.6) is 0 Å². The third-order valence-electron chi connectivity index (χ3n) is 4.62. The second kappa shape index (κ2) is 9.50. The molecule has 6 nitrogen and oxygen atoms in total. The van der Waals surface area contributed by atoms with Gasteiger partial charge in [0.15, 0.2) is 0 Å². The van der Waals surface area contributed by atoms with E-state index in [4.69, 9.17) is 4.74 Å². The van der Waals surface area contributed by atoms with Gasteiger partial charge in [0.1, 0.15) is 11.2 Å². The van der Waals surface area contributed by atoms with Gasteiger partial charge in [-0.1, -0.05) is 30.3 Å². The predicted molar refractivity (Wildman–Crippen MR) is 105 cm³/mol. The van der Waals surface area contributed by atoms with Gasteiger partial charge in [0.05, 0.1) is 0 Å². The average Bonchev–Trinajstić information content (AvgIpc) is 2.71. The lowest BCUT2D eigenvalue weighted by molar-refractivity contribution is 0.0800. The smallest absolute Gasteiger partial charge is 0.410 e. The third-order valence-corrected chi connectivity index (χ3v) is 5.05. The molecule has 0 atom stereocenters. The highest BCUT2D eigenvalue weighted by molar-refractivity contribution is 9.10. The first kappa shape index (κ1) is 19.4. The highest BCUT2D eigenvalue weighted by atomic mass is 79.9. The van der Waals surface area contributed by atoms with E-state index in [0.29, 0.717) is 35.7 Å². The topological polar surface area (TPSA) is 71.5 Å². The number of carbonyl (C=O) groups is 2. The van der Waals surface area contributed by atoms with Crippen molar-refractivity contribution in [2.45, 2.75) is 19.4 Å². The maximum atomic E-state index is 12.2. The van der Waals surface area contributed by atoms with Crippen molar-refractivity contribution in [2.24, 2.45) is 5.92 Å². The number of aromatic nitrogens is 1. The maximum Gasteiger partial charge on any atom is 0.410 e. The molecule has 1 aliphatic rings. The van der Waals surface area contributed by atoms with Crippen molar-refractivity contribution in [3.8, 4) is 0 Å². The Balaban J connectivity index is 1.38. The van der Waals surface area contributed by atoms with Crippen LogP contribution in [0, 0.1) is 5.92 Å². The van der Waals surface area contributed by atoms with Crippen LogP contribution in [0.4, 0.5) is 4.79 Å². The first-order valence-electron chi connectivity index (χ1n) is 8.97. The van der Waals surface area contributed by atoms with Gasteiger partial charge in [-0.15, -0.1) is 0 Å². The average molecular weight is 432 g/mol. The lowest BCUT2D eigenvalue weighted by Crippen LogP contribution is -2.41. The summed E-state index contributed by atoms with van der Waals surface area (Å²) in [4.78, 5) is 30.1. The minimum Gasteiger partial charge on any atom is -0.445 e. The summed E-state index contributed by atoms with van der Waals surface area (Å²) in [5.41, 5.74) is 1.56. The van der Waals surface area contributed by atoms with Gasteiger partial charge in [-0.05, 0) is 52.4 Å². The molecule has 1 aliphatic heterocycles. The molecule has 0 saturated carbocycles. The normalized spacial score (nSPS) is 14.6. The third kappa shape index (κ3) is 5.79. The summed E-state index contributed by atoms with van der Waals surface area (Å²) in [6.45, 7) is 2.19. The zero-order valence-corrected chi connectivity index (χ0v) is 16.5. The Kier molecular flexibility index (Phi) is 6.81. The Morgan fingerprint density at radius 1 is 1.19 bits per heavy atom. The van der Waals surface area contributed by atoms with Crippen LogP contribution in [0.3, 0.4) is 0 Å². The molecular weight excluding hydrogens is 410 g/mol. The molecule has 0 bridgehead atoms. The number of nitrogens with one attached hydrogen (secondary N) is 1. The van der Waals surface area contributed by atoms with Crippen molar-refractivity contribution in [3.05, 3.63) is 64.4 Å². The van der Waals surface area contributed by atoms with Crippen LogP contribution in [0.25, 0.3) is 0 Å². The first-order valence-corrected chi connectivity index (χ1v) is 9.76. The number of benzene rings is 1. The molecule has 2 heterocycles. The Bertz CT molecular complexity index is 777. The summed E-state index contributed by atoms with van der Waals surface area (Å²) in [6, 6.07) is 13.0. The van der Waals surface area contributed by atoms with E-state index < -0.39 is 0 Å². The monoisotopic (exact) mass is 431 g/mol. The van der Waals surface area contributed by atoms with Crippen LogP contribution in [0.2, 0.25) is 0 Å². The van der Waals surface area contributed by atoms with Crippen LogP contribution in [0.15, 0.2) is 53.3 Å². The fourth-order valence-electron chi connectivity index (χ4n) is 3.01. The largest absolute Gasteiger partial charge is 0.445 e. The second-order valence-corrected chi connectivity index (χ2v) is 7.36. The molecule has 1 fully saturated rings. The van der Waals surface area contributed by atoms with Crippen molar-refractivity contribution in [3.63, 3.8) is 0 Å².